The van der Waals surface area contributed by atoms with Crippen LogP contribution in [0.2, 0.25) is 0 Å². The maximum absolute atomic E-state index is 11.4. The Morgan fingerprint density at radius 2 is 1.12 bits per heavy atom. The summed E-state index contributed by atoms with van der Waals surface area (Å²) in [5.41, 5.74) is 3.23. The highest BCUT2D eigenvalue weighted by molar-refractivity contribution is 5.89. The SMILES string of the molecule is COC(=O)c1ccc(CNC(C)NCc2ccc(C(=O)OC)cc2)cc1. The Morgan fingerprint density at radius 1 is 0.769 bits per heavy atom. The van der Waals surface area contributed by atoms with Gasteiger partial charge in [-0.05, 0) is 42.3 Å². The van der Waals surface area contributed by atoms with Gasteiger partial charge >= 0.3 is 11.9 Å². The number of carbonyl (C=O) groups excluding carboxylic acids is 2. The fraction of sp³-hybridized carbons (Fsp3) is 0.300. The standard InChI is InChI=1S/C20H24N2O4/c1-14(21-12-15-4-8-17(9-5-15)19(23)25-2)22-13-16-6-10-18(11-7-16)20(24)26-3/h4-11,14,21-22H,12-13H2,1-3H3. The van der Waals surface area contributed by atoms with Crippen LogP contribution in [0.3, 0.4) is 0 Å². The molecule has 0 aliphatic rings. The minimum atomic E-state index is -0.335. The minimum Gasteiger partial charge on any atom is -0.465 e. The van der Waals surface area contributed by atoms with Crippen molar-refractivity contribution in [3.05, 3.63) is 70.8 Å². The molecule has 2 aromatic rings. The first kappa shape index (κ1) is 19.6. The summed E-state index contributed by atoms with van der Waals surface area (Å²) in [6.07, 6.45) is 0.0931. The summed E-state index contributed by atoms with van der Waals surface area (Å²) in [5.74, 6) is -0.671. The van der Waals surface area contributed by atoms with Gasteiger partial charge in [0.15, 0.2) is 0 Å². The Labute approximate surface area is 153 Å². The third-order valence-corrected chi connectivity index (χ3v) is 3.97. The molecule has 0 unspecified atom stereocenters. The summed E-state index contributed by atoms with van der Waals surface area (Å²) in [4.78, 5) is 22.8. The van der Waals surface area contributed by atoms with Crippen molar-refractivity contribution in [1.29, 1.82) is 0 Å². The van der Waals surface area contributed by atoms with Gasteiger partial charge in [-0.1, -0.05) is 24.3 Å². The Morgan fingerprint density at radius 3 is 1.42 bits per heavy atom. The maximum Gasteiger partial charge on any atom is 0.337 e. The van der Waals surface area contributed by atoms with Crippen LogP contribution in [0.25, 0.3) is 0 Å². The van der Waals surface area contributed by atoms with Crippen molar-refractivity contribution < 1.29 is 19.1 Å². The molecule has 0 aliphatic heterocycles. The summed E-state index contributed by atoms with van der Waals surface area (Å²) in [5, 5.41) is 6.74. The third-order valence-electron chi connectivity index (χ3n) is 3.97. The van der Waals surface area contributed by atoms with Crippen LogP contribution in [-0.4, -0.2) is 32.3 Å². The van der Waals surface area contributed by atoms with Gasteiger partial charge in [0.05, 0.1) is 31.5 Å². The molecule has 138 valence electrons. The highest BCUT2D eigenvalue weighted by Crippen LogP contribution is 2.07. The van der Waals surface area contributed by atoms with Crippen LogP contribution in [0.4, 0.5) is 0 Å². The number of ether oxygens (including phenoxy) is 2. The molecule has 2 rings (SSSR count). The Balaban J connectivity index is 1.77. The molecule has 0 aromatic heterocycles. The molecule has 2 aromatic carbocycles. The molecule has 0 bridgehead atoms. The van der Waals surface area contributed by atoms with Crippen LogP contribution >= 0.6 is 0 Å². The van der Waals surface area contributed by atoms with E-state index in [9.17, 15) is 9.59 Å². The zero-order chi connectivity index (χ0) is 18.9. The van der Waals surface area contributed by atoms with E-state index in [0.29, 0.717) is 24.2 Å². The molecule has 0 radical (unpaired) electrons. The summed E-state index contributed by atoms with van der Waals surface area (Å²) in [6.45, 7) is 3.39. The number of nitrogens with one attached hydrogen (secondary N) is 2. The minimum absolute atomic E-state index is 0.0931. The lowest BCUT2D eigenvalue weighted by atomic mass is 10.1. The normalized spacial score (nSPS) is 10.6. The van der Waals surface area contributed by atoms with Gasteiger partial charge in [0, 0.05) is 13.1 Å². The maximum atomic E-state index is 11.4. The average Bonchev–Trinajstić information content (AvgIpc) is 2.70. The molecular weight excluding hydrogens is 332 g/mol. The van der Waals surface area contributed by atoms with E-state index in [1.807, 2.05) is 31.2 Å². The van der Waals surface area contributed by atoms with Gasteiger partial charge in [0.2, 0.25) is 0 Å². The highest BCUT2D eigenvalue weighted by Gasteiger charge is 2.07. The third kappa shape index (κ3) is 5.68. The molecule has 0 fully saturated rings. The van der Waals surface area contributed by atoms with Crippen LogP contribution in [0.15, 0.2) is 48.5 Å². The molecule has 2 N–H and O–H groups in total. The van der Waals surface area contributed by atoms with Gasteiger partial charge in [-0.2, -0.15) is 0 Å². The topological polar surface area (TPSA) is 76.7 Å². The largest absolute Gasteiger partial charge is 0.465 e. The Bertz CT molecular complexity index is 663. The predicted octanol–water partition coefficient (Wildman–Crippen LogP) is 2.49. The van der Waals surface area contributed by atoms with Gasteiger partial charge in [0.1, 0.15) is 0 Å². The molecular formula is C20H24N2O4. The monoisotopic (exact) mass is 356 g/mol. The number of hydrogen-bond donors (Lipinski definition) is 2. The average molecular weight is 356 g/mol. The van der Waals surface area contributed by atoms with Crippen LogP contribution in [-0.2, 0) is 22.6 Å². The van der Waals surface area contributed by atoms with Crippen molar-refractivity contribution in [2.45, 2.75) is 26.2 Å². The van der Waals surface area contributed by atoms with E-state index < -0.39 is 0 Å². The van der Waals surface area contributed by atoms with Crippen LogP contribution < -0.4 is 10.6 Å². The molecule has 6 heteroatoms. The number of methoxy groups -OCH3 is 2. The Kier molecular flexibility index (Phi) is 7.32. The van der Waals surface area contributed by atoms with E-state index in [4.69, 9.17) is 0 Å². The first-order valence-corrected chi connectivity index (χ1v) is 8.34. The van der Waals surface area contributed by atoms with Gasteiger partial charge in [-0.15, -0.1) is 0 Å². The first-order valence-electron chi connectivity index (χ1n) is 8.34. The molecule has 0 heterocycles. The Hall–Kier alpha value is -2.70. The van der Waals surface area contributed by atoms with Crippen LogP contribution in [0.1, 0.15) is 38.8 Å². The van der Waals surface area contributed by atoms with Gasteiger partial charge < -0.3 is 9.47 Å². The van der Waals surface area contributed by atoms with Crippen molar-refractivity contribution in [1.82, 2.24) is 10.6 Å². The van der Waals surface area contributed by atoms with E-state index in [0.717, 1.165) is 11.1 Å². The van der Waals surface area contributed by atoms with Crippen molar-refractivity contribution in [3.63, 3.8) is 0 Å². The zero-order valence-corrected chi connectivity index (χ0v) is 15.2. The van der Waals surface area contributed by atoms with Gasteiger partial charge in [0.25, 0.3) is 0 Å². The van der Waals surface area contributed by atoms with Crippen LogP contribution in [0.5, 0.6) is 0 Å². The predicted molar refractivity (Wildman–Crippen MR) is 98.7 cm³/mol. The molecule has 0 aliphatic carbocycles. The van der Waals surface area contributed by atoms with Crippen molar-refractivity contribution in [2.75, 3.05) is 14.2 Å². The van der Waals surface area contributed by atoms with E-state index in [1.54, 1.807) is 24.3 Å². The molecule has 0 spiro atoms. The van der Waals surface area contributed by atoms with E-state index in [1.165, 1.54) is 14.2 Å². The molecule has 6 nitrogen and oxygen atoms in total. The second-order valence-corrected chi connectivity index (χ2v) is 5.86. The fourth-order valence-corrected chi connectivity index (χ4v) is 2.37. The van der Waals surface area contributed by atoms with Crippen molar-refractivity contribution >= 4 is 11.9 Å². The quantitative estimate of drug-likeness (QED) is 0.559. The summed E-state index contributed by atoms with van der Waals surface area (Å²) in [6, 6.07) is 14.6. The summed E-state index contributed by atoms with van der Waals surface area (Å²) >= 11 is 0. The number of carbonyl (C=O) groups is 2. The number of esters is 2. The zero-order valence-electron chi connectivity index (χ0n) is 15.2. The number of rotatable bonds is 8. The van der Waals surface area contributed by atoms with Gasteiger partial charge in [-0.3, -0.25) is 10.6 Å². The lowest BCUT2D eigenvalue weighted by molar-refractivity contribution is 0.0592. The van der Waals surface area contributed by atoms with E-state index in [-0.39, 0.29) is 18.1 Å². The molecule has 26 heavy (non-hydrogen) atoms. The molecule has 0 amide bonds. The second kappa shape index (κ2) is 9.70. The second-order valence-electron chi connectivity index (χ2n) is 5.86. The summed E-state index contributed by atoms with van der Waals surface area (Å²) < 4.78 is 9.37. The smallest absolute Gasteiger partial charge is 0.337 e. The highest BCUT2D eigenvalue weighted by atomic mass is 16.5. The number of benzene rings is 2. The van der Waals surface area contributed by atoms with E-state index >= 15 is 0 Å². The molecule has 0 saturated carbocycles. The number of hydrogen-bond acceptors (Lipinski definition) is 6. The lowest BCUT2D eigenvalue weighted by Gasteiger charge is -2.16. The van der Waals surface area contributed by atoms with E-state index in [2.05, 4.69) is 20.1 Å². The summed E-state index contributed by atoms with van der Waals surface area (Å²) in [7, 11) is 2.74. The fourth-order valence-electron chi connectivity index (χ4n) is 2.37. The van der Waals surface area contributed by atoms with Crippen LogP contribution in [0, 0.1) is 0 Å². The molecule has 0 saturated heterocycles. The molecule has 0 atom stereocenters. The van der Waals surface area contributed by atoms with Crippen molar-refractivity contribution in [2.24, 2.45) is 0 Å². The lowest BCUT2D eigenvalue weighted by Crippen LogP contribution is -2.38. The van der Waals surface area contributed by atoms with Crippen molar-refractivity contribution in [3.8, 4) is 0 Å². The first-order chi connectivity index (χ1) is 12.5. The van der Waals surface area contributed by atoms with Gasteiger partial charge in [-0.25, -0.2) is 9.59 Å².